The molecule has 1 aromatic rings. The van der Waals surface area contributed by atoms with Crippen LogP contribution >= 0.6 is 15.9 Å². The van der Waals surface area contributed by atoms with Crippen molar-refractivity contribution in [3.8, 4) is 6.07 Å². The Bertz CT molecular complexity index is 415. The molecule has 6 heteroatoms. The summed E-state index contributed by atoms with van der Waals surface area (Å²) in [7, 11) is 0. The highest BCUT2D eigenvalue weighted by atomic mass is 79.9. The van der Waals surface area contributed by atoms with Crippen LogP contribution in [0.3, 0.4) is 0 Å². The Morgan fingerprint density at radius 1 is 1.64 bits per heavy atom. The molecule has 72 valence electrons. The van der Waals surface area contributed by atoms with Crippen molar-refractivity contribution < 1.29 is 13.6 Å². The third-order valence-corrected chi connectivity index (χ3v) is 2.14. The molecule has 0 aliphatic carbocycles. The smallest absolute Gasteiger partial charge is 0.267 e. The normalized spacial score (nSPS) is 9.93. The molecule has 3 nitrogen and oxygen atoms in total. The summed E-state index contributed by atoms with van der Waals surface area (Å²) in [5.41, 5.74) is -1.28. The Hall–Kier alpha value is -1.35. The summed E-state index contributed by atoms with van der Waals surface area (Å²) in [4.78, 5) is 13.9. The number of carbonyl (C=O) groups excluding carboxylic acids is 1. The van der Waals surface area contributed by atoms with Crippen molar-refractivity contribution in [2.45, 2.75) is 6.43 Å². The van der Waals surface area contributed by atoms with Crippen molar-refractivity contribution in [2.24, 2.45) is 0 Å². The van der Waals surface area contributed by atoms with Crippen molar-refractivity contribution >= 4 is 22.2 Å². The van der Waals surface area contributed by atoms with Crippen LogP contribution in [0.2, 0.25) is 0 Å². The predicted octanol–water partition coefficient (Wildman–Crippen LogP) is 2.47. The molecule has 1 rings (SSSR count). The van der Waals surface area contributed by atoms with Gasteiger partial charge in [0.2, 0.25) is 0 Å². The lowest BCUT2D eigenvalue weighted by atomic mass is 10.1. The second-order valence-corrected chi connectivity index (χ2v) is 3.16. The Labute approximate surface area is 86.5 Å². The van der Waals surface area contributed by atoms with Gasteiger partial charge < -0.3 is 0 Å². The van der Waals surface area contributed by atoms with Gasteiger partial charge in [0.05, 0.1) is 15.6 Å². The second-order valence-electron chi connectivity index (χ2n) is 2.31. The van der Waals surface area contributed by atoms with Crippen molar-refractivity contribution in [3.63, 3.8) is 0 Å². The number of nitriles is 1. The number of carbonyl (C=O) groups is 1. The minimum Gasteiger partial charge on any atom is -0.296 e. The molecule has 0 aliphatic heterocycles. The lowest BCUT2D eigenvalue weighted by molar-refractivity contribution is 0.110. The highest BCUT2D eigenvalue weighted by Crippen LogP contribution is 2.29. The van der Waals surface area contributed by atoms with Gasteiger partial charge in [-0.1, -0.05) is 0 Å². The summed E-state index contributed by atoms with van der Waals surface area (Å²) in [5.74, 6) is 0. The van der Waals surface area contributed by atoms with E-state index in [1.165, 1.54) is 0 Å². The van der Waals surface area contributed by atoms with Crippen molar-refractivity contribution in [1.82, 2.24) is 4.98 Å². The maximum absolute atomic E-state index is 12.5. The summed E-state index contributed by atoms with van der Waals surface area (Å²) in [5, 5.41) is 8.61. The molecule has 1 heterocycles. The Kier molecular flexibility index (Phi) is 3.25. The zero-order valence-electron chi connectivity index (χ0n) is 6.67. The van der Waals surface area contributed by atoms with E-state index in [4.69, 9.17) is 5.26 Å². The van der Waals surface area contributed by atoms with Crippen LogP contribution in [-0.4, -0.2) is 11.3 Å². The number of aromatic nitrogens is 1. The standard InChI is InChI=1S/C8H3BrF2N2O/c9-5-2-13-6(3-14)7(8(10)11)4(5)1-12/h2-3,8H. The minimum absolute atomic E-state index is 0.154. The summed E-state index contributed by atoms with van der Waals surface area (Å²) < 4.78 is 25.1. The fourth-order valence-corrected chi connectivity index (χ4v) is 1.35. The summed E-state index contributed by atoms with van der Waals surface area (Å²) >= 11 is 2.90. The van der Waals surface area contributed by atoms with E-state index in [1.54, 1.807) is 6.07 Å². The van der Waals surface area contributed by atoms with Crippen molar-refractivity contribution in [3.05, 3.63) is 27.5 Å². The molecule has 0 bridgehead atoms. The van der Waals surface area contributed by atoms with Crippen LogP contribution in [0, 0.1) is 11.3 Å². The number of hydrogen-bond donors (Lipinski definition) is 0. The molecule has 0 aromatic carbocycles. The van der Waals surface area contributed by atoms with E-state index < -0.39 is 17.7 Å². The van der Waals surface area contributed by atoms with E-state index in [0.29, 0.717) is 0 Å². The Morgan fingerprint density at radius 2 is 2.29 bits per heavy atom. The van der Waals surface area contributed by atoms with Crippen LogP contribution in [0.4, 0.5) is 8.78 Å². The average molecular weight is 261 g/mol. The van der Waals surface area contributed by atoms with Gasteiger partial charge in [-0.2, -0.15) is 5.26 Å². The molecule has 14 heavy (non-hydrogen) atoms. The number of halogens is 3. The van der Waals surface area contributed by atoms with Crippen molar-refractivity contribution in [2.75, 3.05) is 0 Å². The minimum atomic E-state index is -2.89. The molecule has 0 aliphatic rings. The SMILES string of the molecule is N#Cc1c(Br)cnc(C=O)c1C(F)F. The van der Waals surface area contributed by atoms with Gasteiger partial charge in [-0.05, 0) is 15.9 Å². The van der Waals surface area contributed by atoms with E-state index in [0.717, 1.165) is 6.20 Å². The number of hydrogen-bond acceptors (Lipinski definition) is 3. The maximum Gasteiger partial charge on any atom is 0.267 e. The van der Waals surface area contributed by atoms with Gasteiger partial charge in [0, 0.05) is 6.20 Å². The first kappa shape index (κ1) is 10.7. The third-order valence-electron chi connectivity index (χ3n) is 1.54. The Balaban J connectivity index is 3.54. The number of nitrogens with zero attached hydrogens (tertiary/aromatic N) is 2. The zero-order valence-corrected chi connectivity index (χ0v) is 8.25. The zero-order chi connectivity index (χ0) is 10.7. The summed E-state index contributed by atoms with van der Waals surface area (Å²) in [6.45, 7) is 0. The fraction of sp³-hybridized carbons (Fsp3) is 0.125. The molecule has 0 saturated heterocycles. The molecule has 0 unspecified atom stereocenters. The first-order valence-electron chi connectivity index (χ1n) is 3.43. The topological polar surface area (TPSA) is 53.8 Å². The van der Waals surface area contributed by atoms with E-state index in [-0.39, 0.29) is 16.3 Å². The average Bonchev–Trinajstić information content (AvgIpc) is 2.17. The highest BCUT2D eigenvalue weighted by Gasteiger charge is 2.21. The maximum atomic E-state index is 12.5. The van der Waals surface area contributed by atoms with E-state index in [1.807, 2.05) is 0 Å². The first-order chi connectivity index (χ1) is 6.61. The highest BCUT2D eigenvalue weighted by molar-refractivity contribution is 9.10. The van der Waals surface area contributed by atoms with Crippen LogP contribution < -0.4 is 0 Å². The number of rotatable bonds is 2. The molecule has 0 fully saturated rings. The molecule has 0 saturated carbocycles. The van der Waals surface area contributed by atoms with E-state index in [2.05, 4.69) is 20.9 Å². The molecule has 0 atom stereocenters. The van der Waals surface area contributed by atoms with Crippen LogP contribution in [-0.2, 0) is 0 Å². The quantitative estimate of drug-likeness (QED) is 0.768. The van der Waals surface area contributed by atoms with Gasteiger partial charge in [0.25, 0.3) is 6.43 Å². The molecular weight excluding hydrogens is 258 g/mol. The molecule has 0 N–H and O–H groups in total. The summed E-state index contributed by atoms with van der Waals surface area (Å²) in [6, 6.07) is 1.59. The van der Waals surface area contributed by atoms with Crippen LogP contribution in [0.1, 0.15) is 28.0 Å². The molecule has 0 spiro atoms. The van der Waals surface area contributed by atoms with Gasteiger partial charge in [0.15, 0.2) is 6.29 Å². The molecule has 1 aromatic heterocycles. The van der Waals surface area contributed by atoms with Gasteiger partial charge >= 0.3 is 0 Å². The molecular formula is C8H3BrF2N2O. The fourth-order valence-electron chi connectivity index (χ4n) is 0.945. The van der Waals surface area contributed by atoms with Gasteiger partial charge in [-0.15, -0.1) is 0 Å². The van der Waals surface area contributed by atoms with Gasteiger partial charge in [0.1, 0.15) is 11.8 Å². The van der Waals surface area contributed by atoms with E-state index >= 15 is 0 Å². The number of aldehydes is 1. The van der Waals surface area contributed by atoms with E-state index in [9.17, 15) is 13.6 Å². The van der Waals surface area contributed by atoms with Crippen LogP contribution in [0.15, 0.2) is 10.7 Å². The lowest BCUT2D eigenvalue weighted by Crippen LogP contribution is -2.01. The predicted molar refractivity (Wildman–Crippen MR) is 47.0 cm³/mol. The van der Waals surface area contributed by atoms with Crippen LogP contribution in [0.5, 0.6) is 0 Å². The number of alkyl halides is 2. The second kappa shape index (κ2) is 4.24. The lowest BCUT2D eigenvalue weighted by Gasteiger charge is -2.05. The third kappa shape index (κ3) is 1.77. The largest absolute Gasteiger partial charge is 0.296 e. The molecule has 0 radical (unpaired) electrons. The van der Waals surface area contributed by atoms with Crippen LogP contribution in [0.25, 0.3) is 0 Å². The molecule has 0 amide bonds. The summed E-state index contributed by atoms with van der Waals surface area (Å²) in [6.07, 6.45) is -1.54. The van der Waals surface area contributed by atoms with Gasteiger partial charge in [-0.3, -0.25) is 9.78 Å². The first-order valence-corrected chi connectivity index (χ1v) is 4.23. The number of pyridine rings is 1. The monoisotopic (exact) mass is 260 g/mol. The van der Waals surface area contributed by atoms with Gasteiger partial charge in [-0.25, -0.2) is 8.78 Å². The Morgan fingerprint density at radius 3 is 2.71 bits per heavy atom. The van der Waals surface area contributed by atoms with Crippen molar-refractivity contribution in [1.29, 1.82) is 5.26 Å².